The number of nitrogen functional groups attached to an aromatic ring is 1. The Balaban J connectivity index is 1.64. The van der Waals surface area contributed by atoms with Crippen molar-refractivity contribution in [2.24, 2.45) is 0 Å². The van der Waals surface area contributed by atoms with Crippen LogP contribution in [-0.2, 0) is 6.54 Å². The predicted molar refractivity (Wildman–Crippen MR) is 103 cm³/mol. The molecule has 0 saturated carbocycles. The number of fused-ring (bicyclic) bond motifs is 1. The average molecular weight is 378 g/mol. The van der Waals surface area contributed by atoms with Crippen LogP contribution in [0, 0.1) is 0 Å². The first-order valence-electron chi connectivity index (χ1n) is 9.23. The molecule has 1 aliphatic heterocycles. The van der Waals surface area contributed by atoms with E-state index in [0.717, 1.165) is 17.2 Å². The number of carbonyl (C=O) groups excluding carboxylic acids is 1. The van der Waals surface area contributed by atoms with Gasteiger partial charge in [0.05, 0.1) is 12.6 Å². The van der Waals surface area contributed by atoms with Crippen molar-refractivity contribution in [1.29, 1.82) is 0 Å². The number of rotatable bonds is 3. The Labute approximate surface area is 162 Å². The second kappa shape index (κ2) is 6.99. The number of carbonyl (C=O) groups is 1. The number of amides is 1. The van der Waals surface area contributed by atoms with Crippen LogP contribution in [0.1, 0.15) is 54.7 Å². The highest BCUT2D eigenvalue weighted by atomic mass is 16.2. The molecule has 2 N–H and O–H groups in total. The van der Waals surface area contributed by atoms with E-state index in [1.165, 1.54) is 0 Å². The maximum Gasteiger partial charge on any atom is 0.273 e. The Bertz CT molecular complexity index is 1010. The zero-order valence-corrected chi connectivity index (χ0v) is 16.1. The molecule has 1 atom stereocenters. The minimum Gasteiger partial charge on any atom is -0.368 e. The predicted octanol–water partition coefficient (Wildman–Crippen LogP) is 2.05. The zero-order valence-electron chi connectivity index (χ0n) is 16.1. The SMILES string of the molecule is CC(C)c1cc(C(=O)N2Cc3nnc(-c4ccccn4)n3[C@@H](C)C2)nc(N)n1. The van der Waals surface area contributed by atoms with E-state index in [2.05, 4.69) is 25.1 Å². The van der Waals surface area contributed by atoms with E-state index in [1.807, 2.05) is 43.5 Å². The number of nitrogens with two attached hydrogens (primary N) is 1. The third-order valence-corrected chi connectivity index (χ3v) is 4.78. The molecule has 1 aliphatic rings. The van der Waals surface area contributed by atoms with Crippen LogP contribution >= 0.6 is 0 Å². The summed E-state index contributed by atoms with van der Waals surface area (Å²) >= 11 is 0. The lowest BCUT2D eigenvalue weighted by Crippen LogP contribution is -2.41. The largest absolute Gasteiger partial charge is 0.368 e. The van der Waals surface area contributed by atoms with Crippen LogP contribution in [0.2, 0.25) is 0 Å². The fourth-order valence-corrected chi connectivity index (χ4v) is 3.41. The summed E-state index contributed by atoms with van der Waals surface area (Å²) in [7, 11) is 0. The van der Waals surface area contributed by atoms with Gasteiger partial charge in [-0.1, -0.05) is 19.9 Å². The molecule has 1 amide bonds. The molecule has 0 unspecified atom stereocenters. The number of nitrogens with zero attached hydrogens (tertiary/aromatic N) is 7. The monoisotopic (exact) mass is 378 g/mol. The summed E-state index contributed by atoms with van der Waals surface area (Å²) in [6.45, 7) is 6.91. The third-order valence-electron chi connectivity index (χ3n) is 4.78. The van der Waals surface area contributed by atoms with Gasteiger partial charge in [0.25, 0.3) is 5.91 Å². The van der Waals surface area contributed by atoms with E-state index in [1.54, 1.807) is 17.2 Å². The standard InChI is InChI=1S/C19H22N8O/c1-11(2)14-8-15(23-19(20)22-14)18(28)26-9-12(3)27-16(10-26)24-25-17(27)13-6-4-5-7-21-13/h4-8,11-12H,9-10H2,1-3H3,(H2,20,22,23)/t12-/m0/s1. The van der Waals surface area contributed by atoms with E-state index >= 15 is 0 Å². The lowest BCUT2D eigenvalue weighted by Gasteiger charge is -2.32. The normalized spacial score (nSPS) is 16.3. The second-order valence-electron chi connectivity index (χ2n) is 7.25. The van der Waals surface area contributed by atoms with Gasteiger partial charge in [-0.15, -0.1) is 10.2 Å². The summed E-state index contributed by atoms with van der Waals surface area (Å²) in [4.78, 5) is 27.5. The Morgan fingerprint density at radius 3 is 2.79 bits per heavy atom. The summed E-state index contributed by atoms with van der Waals surface area (Å²) < 4.78 is 2.04. The van der Waals surface area contributed by atoms with Crippen molar-refractivity contribution in [3.63, 3.8) is 0 Å². The quantitative estimate of drug-likeness (QED) is 0.741. The molecule has 144 valence electrons. The molecule has 28 heavy (non-hydrogen) atoms. The maximum absolute atomic E-state index is 13.1. The molecule has 4 rings (SSSR count). The van der Waals surface area contributed by atoms with Crippen molar-refractivity contribution < 1.29 is 4.79 Å². The molecular weight excluding hydrogens is 356 g/mol. The number of aromatic nitrogens is 6. The van der Waals surface area contributed by atoms with Crippen molar-refractivity contribution in [1.82, 2.24) is 34.6 Å². The molecule has 0 saturated heterocycles. The van der Waals surface area contributed by atoms with Crippen LogP contribution in [0.3, 0.4) is 0 Å². The number of anilines is 1. The Morgan fingerprint density at radius 2 is 2.07 bits per heavy atom. The highest BCUT2D eigenvalue weighted by Crippen LogP contribution is 2.27. The molecule has 9 nitrogen and oxygen atoms in total. The molecule has 9 heteroatoms. The molecule has 0 spiro atoms. The third kappa shape index (κ3) is 3.19. The first-order valence-corrected chi connectivity index (χ1v) is 9.23. The second-order valence-corrected chi connectivity index (χ2v) is 7.25. The van der Waals surface area contributed by atoms with E-state index < -0.39 is 0 Å². The van der Waals surface area contributed by atoms with Crippen LogP contribution in [0.15, 0.2) is 30.5 Å². The maximum atomic E-state index is 13.1. The van der Waals surface area contributed by atoms with E-state index in [9.17, 15) is 4.79 Å². The van der Waals surface area contributed by atoms with Crippen LogP contribution < -0.4 is 5.73 Å². The van der Waals surface area contributed by atoms with E-state index in [0.29, 0.717) is 24.6 Å². The van der Waals surface area contributed by atoms with Crippen molar-refractivity contribution in [3.05, 3.63) is 47.7 Å². The van der Waals surface area contributed by atoms with Gasteiger partial charge in [-0.3, -0.25) is 9.78 Å². The summed E-state index contributed by atoms with van der Waals surface area (Å²) in [6, 6.07) is 7.40. The van der Waals surface area contributed by atoms with Gasteiger partial charge in [-0.25, -0.2) is 9.97 Å². The highest BCUT2D eigenvalue weighted by Gasteiger charge is 2.31. The van der Waals surface area contributed by atoms with Crippen LogP contribution in [0.5, 0.6) is 0 Å². The number of hydrogen-bond acceptors (Lipinski definition) is 7. The minimum absolute atomic E-state index is 0.00320. The van der Waals surface area contributed by atoms with E-state index in [-0.39, 0.29) is 23.8 Å². The van der Waals surface area contributed by atoms with Gasteiger partial charge in [0.1, 0.15) is 11.4 Å². The molecule has 0 aliphatic carbocycles. The summed E-state index contributed by atoms with van der Waals surface area (Å²) in [5.74, 6) is 1.51. The first-order chi connectivity index (χ1) is 13.4. The Hall–Kier alpha value is -3.36. The molecule has 0 radical (unpaired) electrons. The molecule has 3 aromatic heterocycles. The van der Waals surface area contributed by atoms with Crippen LogP contribution in [0.25, 0.3) is 11.5 Å². The topological polar surface area (TPSA) is 116 Å². The van der Waals surface area contributed by atoms with Crippen molar-refractivity contribution in [3.8, 4) is 11.5 Å². The summed E-state index contributed by atoms with van der Waals surface area (Å²) in [5, 5.41) is 8.60. The van der Waals surface area contributed by atoms with Crippen molar-refractivity contribution in [2.75, 3.05) is 12.3 Å². The van der Waals surface area contributed by atoms with Crippen LogP contribution in [-0.4, -0.2) is 47.1 Å². The summed E-state index contributed by atoms with van der Waals surface area (Å²) in [6.07, 6.45) is 1.73. The highest BCUT2D eigenvalue weighted by molar-refractivity contribution is 5.92. The average Bonchev–Trinajstić information content (AvgIpc) is 3.12. The van der Waals surface area contributed by atoms with Gasteiger partial charge >= 0.3 is 0 Å². The van der Waals surface area contributed by atoms with Gasteiger partial charge in [0, 0.05) is 18.4 Å². The molecule has 0 aromatic carbocycles. The summed E-state index contributed by atoms with van der Waals surface area (Å²) in [5.41, 5.74) is 7.63. The number of hydrogen-bond donors (Lipinski definition) is 1. The van der Waals surface area contributed by atoms with Crippen molar-refractivity contribution >= 4 is 11.9 Å². The fourth-order valence-electron chi connectivity index (χ4n) is 3.41. The van der Waals surface area contributed by atoms with Gasteiger partial charge in [0.2, 0.25) is 5.95 Å². The van der Waals surface area contributed by atoms with E-state index in [4.69, 9.17) is 5.73 Å². The van der Waals surface area contributed by atoms with Gasteiger partial charge in [-0.2, -0.15) is 0 Å². The van der Waals surface area contributed by atoms with Crippen molar-refractivity contribution in [2.45, 2.75) is 39.3 Å². The van der Waals surface area contributed by atoms with Crippen LogP contribution in [0.4, 0.5) is 5.95 Å². The van der Waals surface area contributed by atoms with Gasteiger partial charge < -0.3 is 15.2 Å². The molecule has 0 fully saturated rings. The minimum atomic E-state index is -0.184. The molecule has 4 heterocycles. The molecule has 0 bridgehead atoms. The van der Waals surface area contributed by atoms with Gasteiger partial charge in [0.15, 0.2) is 11.6 Å². The first kappa shape index (κ1) is 18.0. The Kier molecular flexibility index (Phi) is 4.50. The lowest BCUT2D eigenvalue weighted by molar-refractivity contribution is 0.0676. The molecular formula is C19H22N8O. The fraction of sp³-hybridized carbons (Fsp3) is 0.368. The number of pyridine rings is 1. The molecule has 3 aromatic rings. The smallest absolute Gasteiger partial charge is 0.273 e. The van der Waals surface area contributed by atoms with Gasteiger partial charge in [-0.05, 0) is 31.0 Å². The zero-order chi connectivity index (χ0) is 19.8. The lowest BCUT2D eigenvalue weighted by atomic mass is 10.1. The Morgan fingerprint density at radius 1 is 1.25 bits per heavy atom.